The van der Waals surface area contributed by atoms with Gasteiger partial charge in [-0.05, 0) is 130 Å². The Labute approximate surface area is 284 Å². The zero-order valence-electron chi connectivity index (χ0n) is 28.3. The van der Waals surface area contributed by atoms with Crippen LogP contribution in [0.25, 0.3) is 0 Å². The second-order valence-corrected chi connectivity index (χ2v) is 14.5. The van der Waals surface area contributed by atoms with Gasteiger partial charge in [0.2, 0.25) is 0 Å². The van der Waals surface area contributed by atoms with Gasteiger partial charge in [0.1, 0.15) is 11.3 Å². The lowest BCUT2D eigenvalue weighted by molar-refractivity contribution is -0.146. The lowest BCUT2D eigenvalue weighted by Crippen LogP contribution is -2.48. The Bertz CT molecular complexity index is 1560. The van der Waals surface area contributed by atoms with Crippen molar-refractivity contribution in [2.24, 2.45) is 11.8 Å². The Morgan fingerprint density at radius 1 is 1.09 bits per heavy atom. The third-order valence-electron chi connectivity index (χ3n) is 10.3. The molecule has 0 spiro atoms. The molecule has 0 amide bonds. The first kappa shape index (κ1) is 33.5. The molecule has 2 aromatic carbocycles. The molecule has 2 heterocycles. The molecule has 1 aromatic heterocycles. The summed E-state index contributed by atoms with van der Waals surface area (Å²) in [5, 5.41) is 4.22. The Morgan fingerprint density at radius 2 is 1.94 bits per heavy atom. The van der Waals surface area contributed by atoms with Crippen LogP contribution < -0.4 is 19.5 Å². The van der Waals surface area contributed by atoms with Crippen LogP contribution in [-0.2, 0) is 28.8 Å². The van der Waals surface area contributed by atoms with Gasteiger partial charge in [-0.15, -0.1) is 0 Å². The van der Waals surface area contributed by atoms with E-state index >= 15 is 0 Å². The van der Waals surface area contributed by atoms with E-state index in [2.05, 4.69) is 43.2 Å². The summed E-state index contributed by atoms with van der Waals surface area (Å²) < 4.78 is 24.5. The highest BCUT2D eigenvalue weighted by molar-refractivity contribution is 6.30. The number of nitrogens with zero attached hydrogens (tertiary/aromatic N) is 1. The predicted octanol–water partition coefficient (Wildman–Crippen LogP) is 8.74. The standard InChI is InChI=1S/C39H49ClN2O5/c1-25(24-46-34-13-17-41-33-10-5-7-26(2)37(33)34)19-28-11-15-39(38(43)44-4,42-32-9-6-8-31(40)23-32)16-12-29-21-35-36(22-30(29)20-28)47-27(3)14-18-45-35/h6,8-9,13,17,21-23,25-28,42H,5,7,10-12,14-16,18-20,24H2,1-4H3/t25-,26-,27+,28+,39+/m1/s1. The van der Waals surface area contributed by atoms with Crippen LogP contribution in [0.2, 0.25) is 5.02 Å². The molecule has 252 valence electrons. The number of pyridine rings is 1. The van der Waals surface area contributed by atoms with E-state index in [0.29, 0.717) is 55.3 Å². The van der Waals surface area contributed by atoms with Crippen molar-refractivity contribution < 1.29 is 23.7 Å². The first-order valence-electron chi connectivity index (χ1n) is 17.4. The van der Waals surface area contributed by atoms with Crippen molar-refractivity contribution in [3.63, 3.8) is 0 Å². The van der Waals surface area contributed by atoms with E-state index in [1.165, 1.54) is 42.3 Å². The van der Waals surface area contributed by atoms with Gasteiger partial charge in [-0.2, -0.15) is 0 Å². The van der Waals surface area contributed by atoms with Crippen molar-refractivity contribution in [1.29, 1.82) is 0 Å². The van der Waals surface area contributed by atoms with Gasteiger partial charge < -0.3 is 24.3 Å². The molecule has 3 aliphatic rings. The second-order valence-electron chi connectivity index (χ2n) is 14.1. The number of ether oxygens (including phenoxy) is 4. The fourth-order valence-electron chi connectivity index (χ4n) is 7.78. The number of hydrogen-bond donors (Lipinski definition) is 1. The maximum atomic E-state index is 13.7. The molecule has 6 rings (SSSR count). The molecule has 0 saturated carbocycles. The number of hydrogen-bond acceptors (Lipinski definition) is 7. The molecule has 2 aliphatic carbocycles. The highest BCUT2D eigenvalue weighted by Gasteiger charge is 2.41. The van der Waals surface area contributed by atoms with Crippen molar-refractivity contribution in [3.05, 3.63) is 76.1 Å². The monoisotopic (exact) mass is 660 g/mol. The SMILES string of the molecule is COC(=O)[C@@]1(Nc2cccc(Cl)c2)CCc2cc3c(cc2C[C@H](C[C@@H](C)COc2ccnc4c2[C@H](C)CCC4)CC1)O[C@@H](C)CCO3. The van der Waals surface area contributed by atoms with Gasteiger partial charge >= 0.3 is 5.97 Å². The zero-order valence-corrected chi connectivity index (χ0v) is 29.0. The summed E-state index contributed by atoms with van der Waals surface area (Å²) in [5.41, 5.74) is 4.82. The summed E-state index contributed by atoms with van der Waals surface area (Å²) >= 11 is 6.37. The zero-order chi connectivity index (χ0) is 33.0. The first-order chi connectivity index (χ1) is 22.7. The van der Waals surface area contributed by atoms with E-state index in [0.717, 1.165) is 55.0 Å². The normalized spacial score (nSPS) is 24.7. The molecule has 5 atom stereocenters. The number of halogens is 1. The van der Waals surface area contributed by atoms with E-state index in [4.69, 9.17) is 30.5 Å². The van der Waals surface area contributed by atoms with Gasteiger partial charge in [0.25, 0.3) is 0 Å². The number of carbonyl (C=O) groups excluding carboxylic acids is 1. The van der Waals surface area contributed by atoms with Gasteiger partial charge in [-0.25, -0.2) is 4.79 Å². The van der Waals surface area contributed by atoms with Crippen LogP contribution in [0.4, 0.5) is 5.69 Å². The minimum Gasteiger partial charge on any atom is -0.493 e. The van der Waals surface area contributed by atoms with Crippen molar-refractivity contribution >= 4 is 23.3 Å². The average Bonchev–Trinajstić information content (AvgIpc) is 3.19. The van der Waals surface area contributed by atoms with Gasteiger partial charge in [0, 0.05) is 34.6 Å². The number of aromatic nitrogens is 1. The van der Waals surface area contributed by atoms with E-state index in [9.17, 15) is 4.79 Å². The molecular formula is C39H49ClN2O5. The van der Waals surface area contributed by atoms with Crippen LogP contribution in [0.3, 0.4) is 0 Å². The highest BCUT2D eigenvalue weighted by atomic mass is 35.5. The highest BCUT2D eigenvalue weighted by Crippen LogP contribution is 2.41. The number of esters is 1. The van der Waals surface area contributed by atoms with E-state index in [-0.39, 0.29) is 12.1 Å². The summed E-state index contributed by atoms with van der Waals surface area (Å²) in [6, 6.07) is 13.9. The molecule has 0 unspecified atom stereocenters. The third-order valence-corrected chi connectivity index (χ3v) is 10.5. The maximum Gasteiger partial charge on any atom is 0.331 e. The molecule has 47 heavy (non-hydrogen) atoms. The molecule has 3 aromatic rings. The number of benzene rings is 2. The maximum absolute atomic E-state index is 13.7. The number of aryl methyl sites for hydroxylation is 2. The van der Waals surface area contributed by atoms with Crippen molar-refractivity contribution in [2.75, 3.05) is 25.6 Å². The lowest BCUT2D eigenvalue weighted by Gasteiger charge is -2.34. The number of nitrogens with one attached hydrogen (secondary N) is 1. The quantitative estimate of drug-likeness (QED) is 0.242. The number of fused-ring (bicyclic) bond motifs is 3. The summed E-state index contributed by atoms with van der Waals surface area (Å²) in [6.45, 7) is 7.91. The Hall–Kier alpha value is -3.45. The first-order valence-corrected chi connectivity index (χ1v) is 17.8. The molecule has 0 bridgehead atoms. The van der Waals surface area contributed by atoms with Crippen LogP contribution >= 0.6 is 11.6 Å². The van der Waals surface area contributed by atoms with Crippen molar-refractivity contribution in [2.45, 2.75) is 103 Å². The molecule has 8 heteroatoms. The second kappa shape index (κ2) is 14.8. The summed E-state index contributed by atoms with van der Waals surface area (Å²) in [7, 11) is 1.48. The Morgan fingerprint density at radius 3 is 2.77 bits per heavy atom. The van der Waals surface area contributed by atoms with E-state index < -0.39 is 5.54 Å². The molecule has 1 N–H and O–H groups in total. The number of carbonyl (C=O) groups is 1. The minimum absolute atomic E-state index is 0.0918. The fourth-order valence-corrected chi connectivity index (χ4v) is 7.97. The molecule has 0 fully saturated rings. The Kier molecular flexibility index (Phi) is 10.5. The van der Waals surface area contributed by atoms with Crippen LogP contribution in [0.1, 0.15) is 94.0 Å². The van der Waals surface area contributed by atoms with Crippen molar-refractivity contribution in [1.82, 2.24) is 4.98 Å². The fraction of sp³-hybridized carbons (Fsp3) is 0.538. The Balaban J connectivity index is 1.28. The number of methoxy groups -OCH3 is 1. The van der Waals surface area contributed by atoms with Gasteiger partial charge in [-0.3, -0.25) is 4.98 Å². The average molecular weight is 661 g/mol. The minimum atomic E-state index is -0.913. The largest absolute Gasteiger partial charge is 0.493 e. The lowest BCUT2D eigenvalue weighted by atomic mass is 9.82. The van der Waals surface area contributed by atoms with Crippen LogP contribution in [0.5, 0.6) is 17.2 Å². The van der Waals surface area contributed by atoms with Crippen LogP contribution in [-0.4, -0.2) is 42.9 Å². The smallest absolute Gasteiger partial charge is 0.331 e. The molecule has 0 saturated heterocycles. The van der Waals surface area contributed by atoms with Gasteiger partial charge in [0.05, 0.1) is 26.4 Å². The van der Waals surface area contributed by atoms with Gasteiger partial charge in [0.15, 0.2) is 11.5 Å². The van der Waals surface area contributed by atoms with E-state index in [1.807, 2.05) is 36.5 Å². The molecule has 0 radical (unpaired) electrons. The summed E-state index contributed by atoms with van der Waals surface area (Å²) in [6.07, 6.45) is 10.8. The number of anilines is 1. The third kappa shape index (κ3) is 7.83. The topological polar surface area (TPSA) is 78.9 Å². The summed E-state index contributed by atoms with van der Waals surface area (Å²) in [5.74, 6) is 3.41. The number of rotatable bonds is 8. The predicted molar refractivity (Wildman–Crippen MR) is 186 cm³/mol. The van der Waals surface area contributed by atoms with Crippen molar-refractivity contribution in [3.8, 4) is 17.2 Å². The van der Waals surface area contributed by atoms with E-state index in [1.54, 1.807) is 0 Å². The summed E-state index contributed by atoms with van der Waals surface area (Å²) in [4.78, 5) is 18.4. The van der Waals surface area contributed by atoms with Crippen LogP contribution in [0, 0.1) is 11.8 Å². The molecule has 7 nitrogen and oxygen atoms in total. The molecule has 1 aliphatic heterocycles. The van der Waals surface area contributed by atoms with Gasteiger partial charge in [-0.1, -0.05) is 31.5 Å². The van der Waals surface area contributed by atoms with Crippen LogP contribution in [0.15, 0.2) is 48.7 Å². The molecular weight excluding hydrogens is 612 g/mol.